The molecule has 90 valence electrons. The van der Waals surface area contributed by atoms with Crippen molar-refractivity contribution in [2.75, 3.05) is 0 Å². The van der Waals surface area contributed by atoms with Crippen LogP contribution in [0.1, 0.15) is 12.5 Å². The molecule has 0 aliphatic rings. The molecule has 0 atom stereocenters. The van der Waals surface area contributed by atoms with Crippen molar-refractivity contribution in [2.24, 2.45) is 0 Å². The lowest BCUT2D eigenvalue weighted by Crippen LogP contribution is -1.97. The second-order valence-electron chi connectivity index (χ2n) is 4.09. The fourth-order valence-corrected chi connectivity index (χ4v) is 1.68. The van der Waals surface area contributed by atoms with Crippen molar-refractivity contribution in [1.29, 1.82) is 0 Å². The van der Waals surface area contributed by atoms with Crippen molar-refractivity contribution < 1.29 is 4.74 Å². The number of allylic oxidation sites excluding steroid dienone is 1. The fourth-order valence-electron chi connectivity index (χ4n) is 1.68. The van der Waals surface area contributed by atoms with Crippen molar-refractivity contribution >= 4 is 18.0 Å². The van der Waals surface area contributed by atoms with Crippen LogP contribution in [0.25, 0.3) is 6.08 Å². The molecule has 2 aromatic carbocycles. The lowest BCUT2D eigenvalue weighted by Gasteiger charge is -2.02. The molecule has 0 aromatic heterocycles. The van der Waals surface area contributed by atoms with Crippen molar-refractivity contribution in [3.05, 3.63) is 77.0 Å². The molecule has 0 unspecified atom stereocenters. The Kier molecular flexibility index (Phi) is 3.92. The molecular weight excluding hydrogens is 222 g/mol. The van der Waals surface area contributed by atoms with Gasteiger partial charge in [-0.15, -0.1) is 0 Å². The zero-order valence-corrected chi connectivity index (χ0v) is 10.3. The van der Waals surface area contributed by atoms with Crippen LogP contribution in [0.2, 0.25) is 0 Å². The number of nitrogens with zero attached hydrogens (tertiary/aromatic N) is 1. The molecule has 2 heteroatoms. The van der Waals surface area contributed by atoms with Gasteiger partial charge in [0.1, 0.15) is 0 Å². The van der Waals surface area contributed by atoms with Crippen LogP contribution in [0.3, 0.4) is 0 Å². The van der Waals surface area contributed by atoms with Crippen molar-refractivity contribution in [3.63, 3.8) is 0 Å². The maximum atomic E-state index is 11.9. The first-order valence-corrected chi connectivity index (χ1v) is 5.85. The Labute approximate surface area is 107 Å². The summed E-state index contributed by atoms with van der Waals surface area (Å²) in [5, 5.41) is 11.9. The first kappa shape index (κ1) is 12.1. The van der Waals surface area contributed by atoms with E-state index in [4.69, 9.17) is 0 Å². The summed E-state index contributed by atoms with van der Waals surface area (Å²) >= 11 is 0. The average Bonchev–Trinajstić information content (AvgIpc) is 2.40. The van der Waals surface area contributed by atoms with Crippen LogP contribution < -0.4 is 0 Å². The SMILES string of the molecule is CC(=Cc1ccccc1)C=[N+]([O-])c1ccccc1. The fraction of sp³-hybridized carbons (Fsp3) is 0.0625. The summed E-state index contributed by atoms with van der Waals surface area (Å²) in [7, 11) is 0. The molecule has 18 heavy (non-hydrogen) atoms. The van der Waals surface area contributed by atoms with Crippen LogP contribution in [0.15, 0.2) is 66.2 Å². The zero-order chi connectivity index (χ0) is 12.8. The van der Waals surface area contributed by atoms with Gasteiger partial charge in [-0.25, -0.2) is 0 Å². The van der Waals surface area contributed by atoms with Crippen LogP contribution in [-0.2, 0) is 0 Å². The molecule has 0 aliphatic heterocycles. The smallest absolute Gasteiger partial charge is 0.216 e. The second kappa shape index (κ2) is 5.82. The first-order valence-electron chi connectivity index (χ1n) is 5.85. The van der Waals surface area contributed by atoms with Gasteiger partial charge in [-0.3, -0.25) is 0 Å². The maximum Gasteiger partial charge on any atom is 0.216 e. The van der Waals surface area contributed by atoms with E-state index in [2.05, 4.69) is 0 Å². The molecular formula is C16H15NO. The van der Waals surface area contributed by atoms with Gasteiger partial charge in [0.25, 0.3) is 0 Å². The lowest BCUT2D eigenvalue weighted by atomic mass is 10.1. The molecule has 2 rings (SSSR count). The maximum absolute atomic E-state index is 11.9. The molecule has 0 bridgehead atoms. The van der Waals surface area contributed by atoms with Gasteiger partial charge < -0.3 is 5.21 Å². The highest BCUT2D eigenvalue weighted by Crippen LogP contribution is 2.10. The van der Waals surface area contributed by atoms with E-state index in [-0.39, 0.29) is 0 Å². The monoisotopic (exact) mass is 237 g/mol. The molecule has 2 nitrogen and oxygen atoms in total. The number of hydrogen-bond acceptors (Lipinski definition) is 1. The van der Waals surface area contributed by atoms with Crippen LogP contribution >= 0.6 is 0 Å². The highest BCUT2D eigenvalue weighted by Gasteiger charge is 1.99. The van der Waals surface area contributed by atoms with Crippen LogP contribution in [-0.4, -0.2) is 11.0 Å². The van der Waals surface area contributed by atoms with Gasteiger partial charge in [-0.2, -0.15) is 4.74 Å². The Hall–Kier alpha value is -2.35. The third-order valence-corrected chi connectivity index (χ3v) is 2.53. The predicted molar refractivity (Wildman–Crippen MR) is 75.9 cm³/mol. The summed E-state index contributed by atoms with van der Waals surface area (Å²) in [5.41, 5.74) is 2.64. The van der Waals surface area contributed by atoms with Gasteiger partial charge in [-0.05, 0) is 18.6 Å². The van der Waals surface area contributed by atoms with Crippen molar-refractivity contribution in [3.8, 4) is 0 Å². The summed E-state index contributed by atoms with van der Waals surface area (Å²) in [6, 6.07) is 19.1. The molecule has 0 saturated heterocycles. The van der Waals surface area contributed by atoms with E-state index in [1.54, 1.807) is 18.3 Å². The van der Waals surface area contributed by atoms with Gasteiger partial charge in [0.05, 0.1) is 0 Å². The molecule has 2 aromatic rings. The van der Waals surface area contributed by atoms with Crippen molar-refractivity contribution in [2.45, 2.75) is 6.92 Å². The topological polar surface area (TPSA) is 26.1 Å². The Morgan fingerprint density at radius 1 is 0.944 bits per heavy atom. The lowest BCUT2D eigenvalue weighted by molar-refractivity contribution is -0.354. The number of hydrogen-bond donors (Lipinski definition) is 0. The Morgan fingerprint density at radius 2 is 1.50 bits per heavy atom. The van der Waals surface area contributed by atoms with Crippen LogP contribution in [0, 0.1) is 5.21 Å². The average molecular weight is 237 g/mol. The third-order valence-electron chi connectivity index (χ3n) is 2.53. The molecule has 0 amide bonds. The highest BCUT2D eigenvalue weighted by atomic mass is 16.5. The number of benzene rings is 2. The zero-order valence-electron chi connectivity index (χ0n) is 10.3. The van der Waals surface area contributed by atoms with E-state index in [0.717, 1.165) is 15.9 Å². The Bertz CT molecular complexity index is 556. The predicted octanol–water partition coefficient (Wildman–Crippen LogP) is 4.00. The molecule has 0 heterocycles. The number of rotatable bonds is 3. The van der Waals surface area contributed by atoms with Gasteiger partial charge in [-0.1, -0.05) is 48.5 Å². The molecule has 0 radical (unpaired) electrons. The van der Waals surface area contributed by atoms with Gasteiger partial charge in [0.2, 0.25) is 5.69 Å². The summed E-state index contributed by atoms with van der Waals surface area (Å²) in [4.78, 5) is 0. The van der Waals surface area contributed by atoms with Gasteiger partial charge >= 0.3 is 0 Å². The van der Waals surface area contributed by atoms with E-state index >= 15 is 0 Å². The molecule has 0 spiro atoms. The molecule has 0 saturated carbocycles. The van der Waals surface area contributed by atoms with E-state index in [1.807, 2.05) is 61.5 Å². The quantitative estimate of drug-likeness (QED) is 0.343. The minimum Gasteiger partial charge on any atom is -0.618 e. The standard InChI is InChI=1S/C16H15NO/c1-14(12-15-8-4-2-5-9-15)13-17(18)16-10-6-3-7-11-16/h2-13H,1H3. The van der Waals surface area contributed by atoms with Crippen LogP contribution in [0.4, 0.5) is 5.69 Å². The third kappa shape index (κ3) is 3.32. The highest BCUT2D eigenvalue weighted by molar-refractivity contribution is 5.82. The Balaban J connectivity index is 2.21. The minimum absolute atomic E-state index is 0.637. The van der Waals surface area contributed by atoms with E-state index in [0.29, 0.717) is 5.69 Å². The van der Waals surface area contributed by atoms with E-state index < -0.39 is 0 Å². The summed E-state index contributed by atoms with van der Waals surface area (Å²) in [6.45, 7) is 1.92. The minimum atomic E-state index is 0.637. The Morgan fingerprint density at radius 3 is 2.11 bits per heavy atom. The summed E-state index contributed by atoms with van der Waals surface area (Å²) < 4.78 is 0.884. The van der Waals surface area contributed by atoms with Gasteiger partial charge in [0, 0.05) is 17.7 Å². The largest absolute Gasteiger partial charge is 0.618 e. The first-order chi connectivity index (χ1) is 8.75. The summed E-state index contributed by atoms with van der Waals surface area (Å²) in [5.74, 6) is 0. The number of para-hydroxylation sites is 1. The van der Waals surface area contributed by atoms with Crippen LogP contribution in [0.5, 0.6) is 0 Å². The van der Waals surface area contributed by atoms with E-state index in [9.17, 15) is 5.21 Å². The molecule has 0 aliphatic carbocycles. The van der Waals surface area contributed by atoms with Gasteiger partial charge in [0.15, 0.2) is 6.21 Å². The van der Waals surface area contributed by atoms with E-state index in [1.165, 1.54) is 0 Å². The van der Waals surface area contributed by atoms with Crippen molar-refractivity contribution in [1.82, 2.24) is 0 Å². The second-order valence-corrected chi connectivity index (χ2v) is 4.09. The molecule has 0 fully saturated rings. The molecule has 0 N–H and O–H groups in total. The summed E-state index contributed by atoms with van der Waals surface area (Å²) in [6.07, 6.45) is 3.57. The normalized spacial score (nSPS) is 12.5.